The van der Waals surface area contributed by atoms with Crippen LogP contribution in [0.3, 0.4) is 0 Å². The summed E-state index contributed by atoms with van der Waals surface area (Å²) in [6.45, 7) is 2.79. The van der Waals surface area contributed by atoms with Crippen molar-refractivity contribution >= 4 is 44.1 Å². The first-order valence-electron chi connectivity index (χ1n) is 4.80. The number of allylic oxidation sites excluding steroid dienone is 2. The molecular weight excluding hydrogens is 338 g/mol. The zero-order valence-electron chi connectivity index (χ0n) is 9.32. The van der Waals surface area contributed by atoms with Gasteiger partial charge in [0, 0.05) is 38.0 Å². The van der Waals surface area contributed by atoms with Crippen LogP contribution in [-0.4, -0.2) is 23.5 Å². The van der Waals surface area contributed by atoms with Gasteiger partial charge in [-0.2, -0.15) is 0 Å². The van der Waals surface area contributed by atoms with Crippen molar-refractivity contribution in [2.75, 3.05) is 13.6 Å². The van der Waals surface area contributed by atoms with Crippen molar-refractivity contribution in [1.82, 2.24) is 10.6 Å². The van der Waals surface area contributed by atoms with Gasteiger partial charge in [-0.15, -0.1) is 0 Å². The SMILES string of the molecule is CCN/C=C(\C=N)C/C(C(=N)I)=C(\Cl)NC. The molecule has 4 N–H and O–H groups in total. The molecule has 0 unspecified atom stereocenters. The lowest BCUT2D eigenvalue weighted by molar-refractivity contribution is 0.908. The summed E-state index contributed by atoms with van der Waals surface area (Å²) in [5.41, 5.74) is 1.48. The summed E-state index contributed by atoms with van der Waals surface area (Å²) in [6.07, 6.45) is 3.51. The van der Waals surface area contributed by atoms with E-state index in [-0.39, 0.29) is 0 Å². The van der Waals surface area contributed by atoms with Gasteiger partial charge in [-0.3, -0.25) is 5.41 Å². The van der Waals surface area contributed by atoms with E-state index in [1.54, 1.807) is 13.2 Å². The Balaban J connectivity index is 4.88. The number of hydrogen-bond donors (Lipinski definition) is 4. The maximum atomic E-state index is 7.61. The molecule has 16 heavy (non-hydrogen) atoms. The lowest BCUT2D eigenvalue weighted by Gasteiger charge is -2.09. The van der Waals surface area contributed by atoms with E-state index in [0.717, 1.165) is 12.1 Å². The number of rotatable bonds is 7. The van der Waals surface area contributed by atoms with E-state index in [1.165, 1.54) is 6.21 Å². The molecule has 0 atom stereocenters. The third kappa shape index (κ3) is 5.50. The smallest absolute Gasteiger partial charge is 0.108 e. The average Bonchev–Trinajstić information content (AvgIpc) is 2.28. The monoisotopic (exact) mass is 354 g/mol. The molecule has 0 saturated heterocycles. The van der Waals surface area contributed by atoms with E-state index < -0.39 is 0 Å². The number of halogens is 2. The van der Waals surface area contributed by atoms with Gasteiger partial charge in [0.05, 0.1) is 3.72 Å². The summed E-state index contributed by atoms with van der Waals surface area (Å²) in [6, 6.07) is 0. The molecule has 0 aromatic rings. The number of nitrogens with one attached hydrogen (secondary N) is 4. The Hall–Kier alpha value is -0.560. The first-order valence-corrected chi connectivity index (χ1v) is 6.26. The minimum Gasteiger partial charge on any atom is -0.391 e. The Morgan fingerprint density at radius 2 is 2.12 bits per heavy atom. The van der Waals surface area contributed by atoms with Gasteiger partial charge in [-0.25, -0.2) is 0 Å². The molecule has 6 heteroatoms. The predicted molar refractivity (Wildman–Crippen MR) is 78.8 cm³/mol. The minimum absolute atomic E-state index is 0.376. The lowest BCUT2D eigenvalue weighted by Crippen LogP contribution is -2.10. The zero-order chi connectivity index (χ0) is 12.6. The molecule has 4 nitrogen and oxygen atoms in total. The van der Waals surface area contributed by atoms with Crippen molar-refractivity contribution in [3.05, 3.63) is 22.5 Å². The summed E-state index contributed by atoms with van der Waals surface area (Å²) in [5, 5.41) is 21.2. The van der Waals surface area contributed by atoms with Crippen LogP contribution in [0.15, 0.2) is 22.5 Å². The summed E-state index contributed by atoms with van der Waals surface area (Å²) >= 11 is 7.87. The standard InChI is InChI=1S/C10H16ClIN4/c1-3-16-6-7(5-13)4-8(10(12)14)9(11)15-2/h5-6,13-16H,3-4H2,1-2H3/b7-6-,9-8-,13-5?,14-10?. The molecule has 0 aromatic carbocycles. The van der Waals surface area contributed by atoms with Crippen molar-refractivity contribution in [1.29, 1.82) is 10.8 Å². The largest absolute Gasteiger partial charge is 0.391 e. The second-order valence-corrected chi connectivity index (χ2v) is 4.41. The van der Waals surface area contributed by atoms with Gasteiger partial charge in [-0.05, 0) is 35.1 Å². The first-order chi connectivity index (χ1) is 7.56. The minimum atomic E-state index is 0.376. The molecule has 0 fully saturated rings. The van der Waals surface area contributed by atoms with Gasteiger partial charge in [-0.1, -0.05) is 11.6 Å². The third-order valence-corrected chi connectivity index (χ3v) is 2.88. The normalized spacial score (nSPS) is 12.9. The molecular formula is C10H16ClIN4. The molecule has 0 aromatic heterocycles. The van der Waals surface area contributed by atoms with Crippen molar-refractivity contribution in [3.63, 3.8) is 0 Å². The molecule has 0 aliphatic carbocycles. The van der Waals surface area contributed by atoms with Gasteiger partial charge in [0.25, 0.3) is 0 Å². The van der Waals surface area contributed by atoms with Crippen molar-refractivity contribution in [2.24, 2.45) is 0 Å². The highest BCUT2D eigenvalue weighted by Crippen LogP contribution is 2.19. The average molecular weight is 355 g/mol. The fraction of sp³-hybridized carbons (Fsp3) is 0.400. The van der Waals surface area contributed by atoms with E-state index in [4.69, 9.17) is 22.4 Å². The fourth-order valence-electron chi connectivity index (χ4n) is 0.983. The molecule has 90 valence electrons. The molecule has 0 radical (unpaired) electrons. The van der Waals surface area contributed by atoms with Crippen molar-refractivity contribution < 1.29 is 0 Å². The van der Waals surface area contributed by atoms with Gasteiger partial charge >= 0.3 is 0 Å². The molecule has 0 rings (SSSR count). The summed E-state index contributed by atoms with van der Waals surface area (Å²) in [4.78, 5) is 0. The lowest BCUT2D eigenvalue weighted by atomic mass is 10.1. The second kappa shape index (κ2) is 8.58. The summed E-state index contributed by atoms with van der Waals surface area (Å²) in [5.74, 6) is 0. The van der Waals surface area contributed by atoms with Crippen LogP contribution >= 0.6 is 34.2 Å². The first kappa shape index (κ1) is 15.4. The second-order valence-electron chi connectivity index (χ2n) is 2.95. The topological polar surface area (TPSA) is 71.8 Å². The number of hydrogen-bond acceptors (Lipinski definition) is 4. The molecule has 0 bridgehead atoms. The Labute approximate surface area is 115 Å². The molecule has 0 aliphatic heterocycles. The zero-order valence-corrected chi connectivity index (χ0v) is 12.2. The van der Waals surface area contributed by atoms with E-state index in [9.17, 15) is 0 Å². The van der Waals surface area contributed by atoms with E-state index in [0.29, 0.717) is 20.9 Å². The van der Waals surface area contributed by atoms with Crippen LogP contribution < -0.4 is 10.6 Å². The van der Waals surface area contributed by atoms with E-state index >= 15 is 0 Å². The van der Waals surface area contributed by atoms with Crippen LogP contribution in [0.25, 0.3) is 0 Å². The van der Waals surface area contributed by atoms with Crippen LogP contribution in [0.1, 0.15) is 13.3 Å². The Bertz CT molecular complexity index is 323. The highest BCUT2D eigenvalue weighted by Gasteiger charge is 2.09. The van der Waals surface area contributed by atoms with Crippen molar-refractivity contribution in [2.45, 2.75) is 13.3 Å². The summed E-state index contributed by atoms with van der Waals surface area (Å²) < 4.78 is 0.376. The van der Waals surface area contributed by atoms with Crippen LogP contribution in [0.2, 0.25) is 0 Å². The van der Waals surface area contributed by atoms with Crippen LogP contribution in [0.4, 0.5) is 0 Å². The van der Waals surface area contributed by atoms with Crippen LogP contribution in [0, 0.1) is 10.8 Å². The van der Waals surface area contributed by atoms with Crippen LogP contribution in [-0.2, 0) is 0 Å². The van der Waals surface area contributed by atoms with Gasteiger partial charge in [0.1, 0.15) is 5.16 Å². The molecule has 0 saturated carbocycles. The Morgan fingerprint density at radius 1 is 1.50 bits per heavy atom. The van der Waals surface area contributed by atoms with Crippen LogP contribution in [0.5, 0.6) is 0 Å². The molecule has 0 heterocycles. The van der Waals surface area contributed by atoms with Gasteiger partial charge < -0.3 is 16.0 Å². The maximum Gasteiger partial charge on any atom is 0.108 e. The van der Waals surface area contributed by atoms with Crippen molar-refractivity contribution in [3.8, 4) is 0 Å². The molecule has 0 spiro atoms. The van der Waals surface area contributed by atoms with Gasteiger partial charge in [0.15, 0.2) is 0 Å². The highest BCUT2D eigenvalue weighted by molar-refractivity contribution is 14.1. The summed E-state index contributed by atoms with van der Waals surface area (Å²) in [7, 11) is 1.71. The maximum absolute atomic E-state index is 7.61. The Kier molecular flexibility index (Phi) is 8.28. The van der Waals surface area contributed by atoms with E-state index in [2.05, 4.69) is 10.6 Å². The predicted octanol–water partition coefficient (Wildman–Crippen LogP) is 2.60. The third-order valence-electron chi connectivity index (χ3n) is 1.81. The van der Waals surface area contributed by atoms with E-state index in [1.807, 2.05) is 29.5 Å². The fourth-order valence-corrected chi connectivity index (χ4v) is 1.76. The molecule has 0 aliphatic rings. The Morgan fingerprint density at radius 3 is 2.50 bits per heavy atom. The molecule has 0 amide bonds. The quantitative estimate of drug-likeness (QED) is 0.322. The highest BCUT2D eigenvalue weighted by atomic mass is 127. The van der Waals surface area contributed by atoms with Gasteiger partial charge in [0.2, 0.25) is 0 Å².